The van der Waals surface area contributed by atoms with Crippen molar-refractivity contribution in [2.75, 3.05) is 5.32 Å². The average Bonchev–Trinajstić information content (AvgIpc) is 2.63. The number of amides is 1. The fraction of sp³-hybridized carbons (Fsp3) is 0.556. The Hall–Kier alpha value is -1.91. The first-order valence-electron chi connectivity index (χ1n) is 7.91. The van der Waals surface area contributed by atoms with E-state index >= 15 is 0 Å². The normalized spacial score (nSPS) is 12.7. The van der Waals surface area contributed by atoms with E-state index in [0.717, 1.165) is 5.69 Å². The summed E-state index contributed by atoms with van der Waals surface area (Å²) in [6.07, 6.45) is 2.51. The van der Waals surface area contributed by atoms with E-state index in [0.29, 0.717) is 24.3 Å². The van der Waals surface area contributed by atoms with Crippen LogP contribution in [0.25, 0.3) is 5.65 Å². The lowest BCUT2D eigenvalue weighted by Crippen LogP contribution is -2.21. The summed E-state index contributed by atoms with van der Waals surface area (Å²) in [5.74, 6) is 0.133. The summed E-state index contributed by atoms with van der Waals surface area (Å²) >= 11 is 0. The molecule has 1 N–H and O–H groups in total. The third-order valence-electron chi connectivity index (χ3n) is 3.33. The Bertz CT molecular complexity index is 720. The van der Waals surface area contributed by atoms with Crippen molar-refractivity contribution in [1.29, 1.82) is 0 Å². The number of nitrogens with zero attached hydrogens (tertiary/aromatic N) is 2. The van der Waals surface area contributed by atoms with Crippen LogP contribution in [0.3, 0.4) is 0 Å². The van der Waals surface area contributed by atoms with Crippen LogP contribution in [0.5, 0.6) is 0 Å². The van der Waals surface area contributed by atoms with Gasteiger partial charge in [0, 0.05) is 12.6 Å². The van der Waals surface area contributed by atoms with Crippen LogP contribution in [0.15, 0.2) is 18.3 Å². The summed E-state index contributed by atoms with van der Waals surface area (Å²) in [6, 6.07) is 3.00. The SMILES string of the molecule is CC(C)(C)CC(=O)Nc1nc2ccc(F)cn2c1CC(C)(C)C. The maximum absolute atomic E-state index is 13.6. The van der Waals surface area contributed by atoms with Crippen molar-refractivity contribution in [2.24, 2.45) is 10.8 Å². The molecule has 2 aromatic heterocycles. The number of hydrogen-bond donors (Lipinski definition) is 1. The van der Waals surface area contributed by atoms with Crippen molar-refractivity contribution in [2.45, 2.75) is 54.4 Å². The minimum atomic E-state index is -0.322. The zero-order chi connectivity index (χ0) is 17.4. The topological polar surface area (TPSA) is 46.4 Å². The number of imidazole rings is 1. The molecule has 0 spiro atoms. The van der Waals surface area contributed by atoms with E-state index in [-0.39, 0.29) is 22.6 Å². The first-order valence-corrected chi connectivity index (χ1v) is 7.91. The van der Waals surface area contributed by atoms with Crippen LogP contribution in [-0.2, 0) is 11.2 Å². The molecule has 0 saturated heterocycles. The molecule has 0 radical (unpaired) electrons. The lowest BCUT2D eigenvalue weighted by atomic mass is 9.90. The fourth-order valence-corrected chi connectivity index (χ4v) is 2.50. The number of anilines is 1. The standard InChI is InChI=1S/C18H26FN3O/c1-17(2,3)9-13-16(21-15(23)10-18(4,5)6)20-14-8-7-12(19)11-22(13)14/h7-8,11H,9-10H2,1-6H3,(H,21,23). The van der Waals surface area contributed by atoms with Gasteiger partial charge in [-0.3, -0.25) is 9.20 Å². The number of hydrogen-bond acceptors (Lipinski definition) is 2. The lowest BCUT2D eigenvalue weighted by Gasteiger charge is -2.20. The van der Waals surface area contributed by atoms with Gasteiger partial charge in [0.1, 0.15) is 11.5 Å². The predicted molar refractivity (Wildman–Crippen MR) is 91.0 cm³/mol. The number of carbonyl (C=O) groups is 1. The quantitative estimate of drug-likeness (QED) is 0.909. The summed E-state index contributed by atoms with van der Waals surface area (Å²) in [5.41, 5.74) is 1.36. The highest BCUT2D eigenvalue weighted by Crippen LogP contribution is 2.28. The monoisotopic (exact) mass is 319 g/mol. The first kappa shape index (κ1) is 17.4. The molecule has 126 valence electrons. The number of pyridine rings is 1. The molecule has 2 rings (SSSR count). The molecular formula is C18H26FN3O. The van der Waals surface area contributed by atoms with Gasteiger partial charge in [-0.2, -0.15) is 0 Å². The van der Waals surface area contributed by atoms with E-state index < -0.39 is 0 Å². The van der Waals surface area contributed by atoms with E-state index in [4.69, 9.17) is 0 Å². The van der Waals surface area contributed by atoms with Gasteiger partial charge in [-0.1, -0.05) is 41.5 Å². The van der Waals surface area contributed by atoms with Crippen LogP contribution in [0.1, 0.15) is 53.7 Å². The molecule has 0 aliphatic heterocycles. The second-order valence-electron chi connectivity index (χ2n) is 8.51. The van der Waals surface area contributed by atoms with Crippen molar-refractivity contribution in [3.8, 4) is 0 Å². The summed E-state index contributed by atoms with van der Waals surface area (Å²) in [7, 11) is 0. The van der Waals surface area contributed by atoms with E-state index in [9.17, 15) is 9.18 Å². The van der Waals surface area contributed by atoms with E-state index in [1.165, 1.54) is 12.3 Å². The highest BCUT2D eigenvalue weighted by Gasteiger charge is 2.22. The third-order valence-corrected chi connectivity index (χ3v) is 3.33. The number of carbonyl (C=O) groups excluding carboxylic acids is 1. The van der Waals surface area contributed by atoms with Gasteiger partial charge >= 0.3 is 0 Å². The van der Waals surface area contributed by atoms with Crippen molar-refractivity contribution in [3.63, 3.8) is 0 Å². The van der Waals surface area contributed by atoms with Gasteiger partial charge in [-0.15, -0.1) is 0 Å². The molecule has 0 unspecified atom stereocenters. The van der Waals surface area contributed by atoms with Crippen molar-refractivity contribution < 1.29 is 9.18 Å². The molecule has 0 fully saturated rings. The number of aromatic nitrogens is 2. The molecule has 5 heteroatoms. The maximum Gasteiger partial charge on any atom is 0.226 e. The highest BCUT2D eigenvalue weighted by molar-refractivity contribution is 5.91. The smallest absolute Gasteiger partial charge is 0.226 e. The lowest BCUT2D eigenvalue weighted by molar-refractivity contribution is -0.117. The molecule has 0 saturated carbocycles. The van der Waals surface area contributed by atoms with Crippen LogP contribution in [0, 0.1) is 16.6 Å². The summed E-state index contributed by atoms with van der Waals surface area (Å²) in [4.78, 5) is 16.7. The van der Waals surface area contributed by atoms with Crippen molar-refractivity contribution in [1.82, 2.24) is 9.38 Å². The molecule has 2 heterocycles. The van der Waals surface area contributed by atoms with Crippen molar-refractivity contribution >= 4 is 17.4 Å². The summed E-state index contributed by atoms with van der Waals surface area (Å²) in [5, 5.41) is 2.91. The second-order valence-corrected chi connectivity index (χ2v) is 8.51. The van der Waals surface area contributed by atoms with Crippen LogP contribution in [-0.4, -0.2) is 15.3 Å². The molecule has 4 nitrogen and oxygen atoms in total. The molecule has 1 amide bonds. The zero-order valence-corrected chi connectivity index (χ0v) is 14.8. The van der Waals surface area contributed by atoms with Gasteiger partial charge in [0.2, 0.25) is 5.91 Å². The molecule has 0 atom stereocenters. The van der Waals surface area contributed by atoms with Crippen LogP contribution < -0.4 is 5.32 Å². The molecule has 0 aliphatic rings. The average molecular weight is 319 g/mol. The third kappa shape index (κ3) is 4.78. The van der Waals surface area contributed by atoms with Gasteiger partial charge in [0.25, 0.3) is 0 Å². The number of fused-ring (bicyclic) bond motifs is 1. The maximum atomic E-state index is 13.6. The van der Waals surface area contributed by atoms with Crippen molar-refractivity contribution in [3.05, 3.63) is 29.8 Å². The number of nitrogens with one attached hydrogen (secondary N) is 1. The summed E-state index contributed by atoms with van der Waals surface area (Å²) < 4.78 is 15.3. The Labute approximate surface area is 137 Å². The van der Waals surface area contributed by atoms with E-state index in [1.54, 1.807) is 10.5 Å². The molecule has 2 aromatic rings. The predicted octanol–water partition coefficient (Wildman–Crippen LogP) is 4.44. The Kier molecular flexibility index (Phi) is 4.51. The Morgan fingerprint density at radius 2 is 1.83 bits per heavy atom. The van der Waals surface area contributed by atoms with Gasteiger partial charge in [0.05, 0.1) is 5.69 Å². The van der Waals surface area contributed by atoms with Gasteiger partial charge < -0.3 is 5.32 Å². The Morgan fingerprint density at radius 3 is 2.39 bits per heavy atom. The minimum Gasteiger partial charge on any atom is -0.309 e. The van der Waals surface area contributed by atoms with E-state index in [1.807, 2.05) is 20.8 Å². The highest BCUT2D eigenvalue weighted by atomic mass is 19.1. The van der Waals surface area contributed by atoms with Crippen LogP contribution >= 0.6 is 0 Å². The first-order chi connectivity index (χ1) is 10.4. The van der Waals surface area contributed by atoms with Crippen LogP contribution in [0.4, 0.5) is 10.2 Å². The Morgan fingerprint density at radius 1 is 1.17 bits per heavy atom. The zero-order valence-electron chi connectivity index (χ0n) is 14.8. The largest absolute Gasteiger partial charge is 0.309 e. The Balaban J connectivity index is 2.41. The molecule has 0 aromatic carbocycles. The fourth-order valence-electron chi connectivity index (χ4n) is 2.50. The van der Waals surface area contributed by atoms with E-state index in [2.05, 4.69) is 31.1 Å². The molecular weight excluding hydrogens is 293 g/mol. The second kappa shape index (κ2) is 5.95. The van der Waals surface area contributed by atoms with Gasteiger partial charge in [-0.25, -0.2) is 9.37 Å². The minimum absolute atomic E-state index is 0.00815. The molecule has 0 bridgehead atoms. The molecule has 0 aliphatic carbocycles. The van der Waals surface area contributed by atoms with Gasteiger partial charge in [-0.05, 0) is 29.4 Å². The van der Waals surface area contributed by atoms with Gasteiger partial charge in [0.15, 0.2) is 5.82 Å². The summed E-state index contributed by atoms with van der Waals surface area (Å²) in [6.45, 7) is 12.4. The number of halogens is 1. The molecule has 23 heavy (non-hydrogen) atoms. The number of rotatable bonds is 3. The van der Waals surface area contributed by atoms with Crippen LogP contribution in [0.2, 0.25) is 0 Å².